The predicted octanol–water partition coefficient (Wildman–Crippen LogP) is 0.780. The minimum absolute atomic E-state index is 0.0486. The molecule has 0 saturated carbocycles. The van der Waals surface area contributed by atoms with Gasteiger partial charge in [0.25, 0.3) is 0 Å². The molecule has 2 aromatic carbocycles. The molecule has 0 aromatic heterocycles. The number of hydrogen-bond acceptors (Lipinski definition) is 5. The number of rotatable bonds is 7. The second-order valence-corrected chi connectivity index (χ2v) is 5.72. The quantitative estimate of drug-likeness (QED) is 0.471. The zero-order chi connectivity index (χ0) is 18.4. The van der Waals surface area contributed by atoms with Crippen molar-refractivity contribution in [1.82, 2.24) is 5.32 Å². The molecule has 0 fully saturated rings. The van der Waals surface area contributed by atoms with Crippen molar-refractivity contribution >= 4 is 11.9 Å². The summed E-state index contributed by atoms with van der Waals surface area (Å²) in [5.74, 6) is -2.44. The lowest BCUT2D eigenvalue weighted by Crippen LogP contribution is -2.50. The van der Waals surface area contributed by atoms with Crippen LogP contribution in [0.5, 0.6) is 11.5 Å². The van der Waals surface area contributed by atoms with E-state index < -0.39 is 24.0 Å². The topological polar surface area (TPSA) is 133 Å². The van der Waals surface area contributed by atoms with E-state index in [0.29, 0.717) is 12.0 Å². The molecule has 0 radical (unpaired) electrons. The Balaban J connectivity index is 2.01. The molecule has 6 N–H and O–H groups in total. The summed E-state index contributed by atoms with van der Waals surface area (Å²) < 4.78 is 0. The third-order valence-electron chi connectivity index (χ3n) is 3.73. The number of phenols is 2. The first-order valence-corrected chi connectivity index (χ1v) is 7.70. The summed E-state index contributed by atoms with van der Waals surface area (Å²) in [6.45, 7) is 0. The Morgan fingerprint density at radius 3 is 2.24 bits per heavy atom. The number of benzene rings is 2. The van der Waals surface area contributed by atoms with Crippen molar-refractivity contribution in [3.8, 4) is 11.5 Å². The van der Waals surface area contributed by atoms with Crippen LogP contribution >= 0.6 is 0 Å². The van der Waals surface area contributed by atoms with Gasteiger partial charge in [-0.1, -0.05) is 36.4 Å². The molecule has 7 nitrogen and oxygen atoms in total. The molecule has 132 valence electrons. The van der Waals surface area contributed by atoms with Crippen LogP contribution in [0, 0.1) is 0 Å². The van der Waals surface area contributed by atoms with Crippen LogP contribution in [0.1, 0.15) is 11.1 Å². The number of carbonyl (C=O) groups excluding carboxylic acids is 1. The van der Waals surface area contributed by atoms with E-state index in [1.165, 1.54) is 18.2 Å². The van der Waals surface area contributed by atoms with E-state index in [1.54, 1.807) is 0 Å². The normalized spacial score (nSPS) is 13.0. The van der Waals surface area contributed by atoms with Crippen LogP contribution in [-0.2, 0) is 22.4 Å². The van der Waals surface area contributed by atoms with Crippen molar-refractivity contribution < 1.29 is 24.9 Å². The molecule has 0 spiro atoms. The largest absolute Gasteiger partial charge is 0.504 e. The standard InChI is InChI=1S/C18H20N2O5/c19-13(8-11-4-2-1-3-5-11)17(23)20-14(18(24)25)9-12-6-7-15(21)16(22)10-12/h1-7,10,13-14,21-22H,8-9,19H2,(H,20,23)(H,24,25)/t13?,14-/m0/s1. The van der Waals surface area contributed by atoms with Crippen molar-refractivity contribution in [2.75, 3.05) is 0 Å². The molecule has 0 bridgehead atoms. The monoisotopic (exact) mass is 344 g/mol. The fourth-order valence-electron chi connectivity index (χ4n) is 2.37. The maximum atomic E-state index is 12.2. The summed E-state index contributed by atoms with van der Waals surface area (Å²) in [5.41, 5.74) is 7.19. The number of carboxylic acids is 1. The first kappa shape index (κ1) is 18.3. The summed E-state index contributed by atoms with van der Waals surface area (Å²) in [7, 11) is 0. The Kier molecular flexibility index (Phi) is 5.97. The van der Waals surface area contributed by atoms with E-state index in [9.17, 15) is 24.9 Å². The molecule has 7 heteroatoms. The average Bonchev–Trinajstić information content (AvgIpc) is 2.58. The zero-order valence-corrected chi connectivity index (χ0v) is 13.4. The smallest absolute Gasteiger partial charge is 0.326 e. The van der Waals surface area contributed by atoms with Crippen LogP contribution in [0.3, 0.4) is 0 Å². The highest BCUT2D eigenvalue weighted by Crippen LogP contribution is 2.25. The van der Waals surface area contributed by atoms with Gasteiger partial charge >= 0.3 is 5.97 Å². The highest BCUT2D eigenvalue weighted by Gasteiger charge is 2.24. The minimum atomic E-state index is -1.21. The van der Waals surface area contributed by atoms with Crippen LogP contribution in [0.4, 0.5) is 0 Å². The van der Waals surface area contributed by atoms with Gasteiger partial charge in [0.15, 0.2) is 11.5 Å². The second-order valence-electron chi connectivity index (χ2n) is 5.72. The molecular weight excluding hydrogens is 324 g/mol. The van der Waals surface area contributed by atoms with E-state index >= 15 is 0 Å². The van der Waals surface area contributed by atoms with Gasteiger partial charge < -0.3 is 26.4 Å². The zero-order valence-electron chi connectivity index (χ0n) is 13.4. The van der Waals surface area contributed by atoms with E-state index in [-0.39, 0.29) is 17.9 Å². The molecule has 0 aliphatic carbocycles. The van der Waals surface area contributed by atoms with Crippen molar-refractivity contribution in [2.24, 2.45) is 5.73 Å². The third-order valence-corrected chi connectivity index (χ3v) is 3.73. The van der Waals surface area contributed by atoms with Gasteiger partial charge in [-0.3, -0.25) is 4.79 Å². The summed E-state index contributed by atoms with van der Waals surface area (Å²) in [6.07, 6.45) is 0.242. The lowest BCUT2D eigenvalue weighted by molar-refractivity contribution is -0.141. The van der Waals surface area contributed by atoms with E-state index in [4.69, 9.17) is 5.73 Å². The van der Waals surface area contributed by atoms with Crippen LogP contribution < -0.4 is 11.1 Å². The molecule has 2 atom stereocenters. The third kappa shape index (κ3) is 5.22. The summed E-state index contributed by atoms with van der Waals surface area (Å²) in [6, 6.07) is 11.1. The molecule has 2 aromatic rings. The van der Waals surface area contributed by atoms with Crippen LogP contribution in [0.25, 0.3) is 0 Å². The number of aliphatic carboxylic acids is 1. The Morgan fingerprint density at radius 2 is 1.64 bits per heavy atom. The highest BCUT2D eigenvalue weighted by atomic mass is 16.4. The van der Waals surface area contributed by atoms with Crippen molar-refractivity contribution in [3.05, 3.63) is 59.7 Å². The maximum Gasteiger partial charge on any atom is 0.326 e. The molecule has 25 heavy (non-hydrogen) atoms. The number of phenolic OH excluding ortho intramolecular Hbond substituents is 2. The summed E-state index contributed by atoms with van der Waals surface area (Å²) >= 11 is 0. The van der Waals surface area contributed by atoms with Crippen LogP contribution in [0.15, 0.2) is 48.5 Å². The number of nitrogens with two attached hydrogens (primary N) is 1. The Labute approximate surface area is 144 Å². The van der Waals surface area contributed by atoms with Gasteiger partial charge in [-0.15, -0.1) is 0 Å². The maximum absolute atomic E-state index is 12.2. The molecular formula is C18H20N2O5. The number of carboxylic acid groups (broad SMARTS) is 1. The Hall–Kier alpha value is -3.06. The molecule has 1 unspecified atom stereocenters. The fraction of sp³-hybridized carbons (Fsp3) is 0.222. The van der Waals surface area contributed by atoms with Gasteiger partial charge in [-0.2, -0.15) is 0 Å². The summed E-state index contributed by atoms with van der Waals surface area (Å²) in [4.78, 5) is 23.6. The van der Waals surface area contributed by atoms with Crippen molar-refractivity contribution in [3.63, 3.8) is 0 Å². The molecule has 0 saturated heterocycles. The molecule has 0 aliphatic rings. The average molecular weight is 344 g/mol. The molecule has 2 rings (SSSR count). The van der Waals surface area contributed by atoms with E-state index in [1.807, 2.05) is 30.3 Å². The van der Waals surface area contributed by atoms with Gasteiger partial charge in [-0.25, -0.2) is 4.79 Å². The first-order valence-electron chi connectivity index (χ1n) is 7.70. The number of hydrogen-bond donors (Lipinski definition) is 5. The number of aromatic hydroxyl groups is 2. The van der Waals surface area contributed by atoms with Gasteiger partial charge in [0, 0.05) is 6.42 Å². The highest BCUT2D eigenvalue weighted by molar-refractivity contribution is 5.87. The summed E-state index contributed by atoms with van der Waals surface area (Å²) in [5, 5.41) is 30.5. The van der Waals surface area contributed by atoms with Gasteiger partial charge in [0.1, 0.15) is 6.04 Å². The van der Waals surface area contributed by atoms with E-state index in [0.717, 1.165) is 5.56 Å². The van der Waals surface area contributed by atoms with Gasteiger partial charge in [0.05, 0.1) is 6.04 Å². The van der Waals surface area contributed by atoms with Crippen molar-refractivity contribution in [1.29, 1.82) is 0 Å². The van der Waals surface area contributed by atoms with E-state index in [2.05, 4.69) is 5.32 Å². The Morgan fingerprint density at radius 1 is 0.960 bits per heavy atom. The lowest BCUT2D eigenvalue weighted by atomic mass is 10.0. The van der Waals surface area contributed by atoms with Crippen LogP contribution in [0.2, 0.25) is 0 Å². The van der Waals surface area contributed by atoms with Gasteiger partial charge in [-0.05, 0) is 29.7 Å². The van der Waals surface area contributed by atoms with Gasteiger partial charge in [0.2, 0.25) is 5.91 Å². The minimum Gasteiger partial charge on any atom is -0.504 e. The van der Waals surface area contributed by atoms with Crippen LogP contribution in [-0.4, -0.2) is 39.3 Å². The number of carbonyl (C=O) groups is 2. The number of amides is 1. The first-order chi connectivity index (χ1) is 11.9. The number of nitrogens with one attached hydrogen (secondary N) is 1. The SMILES string of the molecule is NC(Cc1ccccc1)C(=O)N[C@@H](Cc1ccc(O)c(O)c1)C(=O)O. The molecule has 0 aliphatic heterocycles. The Bertz CT molecular complexity index is 748. The fourth-order valence-corrected chi connectivity index (χ4v) is 2.37. The lowest BCUT2D eigenvalue weighted by Gasteiger charge is -2.18. The predicted molar refractivity (Wildman–Crippen MR) is 91.2 cm³/mol. The van der Waals surface area contributed by atoms with Crippen molar-refractivity contribution in [2.45, 2.75) is 24.9 Å². The second kappa shape index (κ2) is 8.16. The molecule has 0 heterocycles. The molecule has 1 amide bonds.